The maximum Gasteiger partial charge on any atom is 0.232 e. The van der Waals surface area contributed by atoms with E-state index in [2.05, 4.69) is 10.6 Å². The predicted molar refractivity (Wildman–Crippen MR) is 102 cm³/mol. The summed E-state index contributed by atoms with van der Waals surface area (Å²) in [7, 11) is 0. The van der Waals surface area contributed by atoms with E-state index in [-0.39, 0.29) is 24.2 Å². The van der Waals surface area contributed by atoms with E-state index in [1.165, 1.54) is 0 Å². The van der Waals surface area contributed by atoms with Gasteiger partial charge in [0.05, 0.1) is 5.41 Å². The van der Waals surface area contributed by atoms with Crippen molar-refractivity contribution in [2.24, 2.45) is 11.1 Å². The minimum Gasteiger partial charge on any atom is -0.381 e. The molecule has 0 radical (unpaired) electrons. The summed E-state index contributed by atoms with van der Waals surface area (Å²) in [5.74, 6) is -0.0969. The Hall–Kier alpha value is -1.63. The third kappa shape index (κ3) is 5.17. The van der Waals surface area contributed by atoms with Gasteiger partial charge in [-0.3, -0.25) is 9.59 Å². The summed E-state index contributed by atoms with van der Waals surface area (Å²) in [5.41, 5.74) is 7.58. The van der Waals surface area contributed by atoms with Crippen molar-refractivity contribution in [2.75, 3.05) is 30.4 Å². The molecular formula is C18H28ClN3O3. The first-order valence-corrected chi connectivity index (χ1v) is 8.51. The number of rotatable bonds is 6. The number of carbonyl (C=O) groups excluding carboxylic acids is 2. The van der Waals surface area contributed by atoms with Crippen molar-refractivity contribution in [3.63, 3.8) is 0 Å². The summed E-state index contributed by atoms with van der Waals surface area (Å²) in [4.78, 5) is 24.6. The van der Waals surface area contributed by atoms with Gasteiger partial charge in [-0.2, -0.15) is 0 Å². The van der Waals surface area contributed by atoms with Crippen molar-refractivity contribution >= 4 is 35.6 Å². The second-order valence-electron chi connectivity index (χ2n) is 6.33. The first-order valence-electron chi connectivity index (χ1n) is 8.51. The molecule has 4 N–H and O–H groups in total. The van der Waals surface area contributed by atoms with Gasteiger partial charge in [-0.25, -0.2) is 0 Å². The van der Waals surface area contributed by atoms with Crippen molar-refractivity contribution in [1.82, 2.24) is 0 Å². The molecule has 1 aliphatic heterocycles. The fraction of sp³-hybridized carbons (Fsp3) is 0.556. The zero-order chi connectivity index (χ0) is 17.6. The third-order valence-electron chi connectivity index (χ3n) is 4.66. The molecule has 0 bridgehead atoms. The second kappa shape index (κ2) is 9.75. The number of carbonyl (C=O) groups is 2. The van der Waals surface area contributed by atoms with E-state index in [0.717, 1.165) is 17.7 Å². The van der Waals surface area contributed by atoms with Crippen LogP contribution in [0.2, 0.25) is 0 Å². The van der Waals surface area contributed by atoms with Crippen LogP contribution in [0.4, 0.5) is 11.4 Å². The highest BCUT2D eigenvalue weighted by Gasteiger charge is 2.39. The van der Waals surface area contributed by atoms with Crippen LogP contribution in [-0.2, 0) is 14.3 Å². The van der Waals surface area contributed by atoms with Crippen molar-refractivity contribution < 1.29 is 14.3 Å². The molecule has 0 atom stereocenters. The molecule has 1 aromatic rings. The molecule has 7 heteroatoms. The first-order chi connectivity index (χ1) is 11.5. The fourth-order valence-corrected chi connectivity index (χ4v) is 2.89. The lowest BCUT2D eigenvalue weighted by molar-refractivity contribution is -0.130. The molecule has 1 saturated heterocycles. The highest BCUT2D eigenvalue weighted by Crippen LogP contribution is 2.32. The Morgan fingerprint density at radius 1 is 1.20 bits per heavy atom. The lowest BCUT2D eigenvalue weighted by Gasteiger charge is -2.34. The summed E-state index contributed by atoms with van der Waals surface area (Å²) < 4.78 is 5.35. The smallest absolute Gasteiger partial charge is 0.232 e. The molecule has 2 amide bonds. The maximum atomic E-state index is 12.8. The van der Waals surface area contributed by atoms with Crippen molar-refractivity contribution in [3.8, 4) is 0 Å². The number of anilines is 2. The molecule has 0 aromatic heterocycles. The Balaban J connectivity index is 0.00000312. The lowest BCUT2D eigenvalue weighted by atomic mass is 9.79. The average Bonchev–Trinajstić information content (AvgIpc) is 2.59. The van der Waals surface area contributed by atoms with Gasteiger partial charge >= 0.3 is 0 Å². The van der Waals surface area contributed by atoms with E-state index in [9.17, 15) is 9.59 Å². The average molecular weight is 370 g/mol. The van der Waals surface area contributed by atoms with E-state index in [1.807, 2.05) is 32.0 Å². The van der Waals surface area contributed by atoms with Crippen LogP contribution in [0.5, 0.6) is 0 Å². The monoisotopic (exact) mass is 369 g/mol. The third-order valence-corrected chi connectivity index (χ3v) is 4.66. The van der Waals surface area contributed by atoms with Crippen LogP contribution in [0.1, 0.15) is 38.2 Å². The van der Waals surface area contributed by atoms with Gasteiger partial charge in [0, 0.05) is 37.6 Å². The number of hydrogen-bond donors (Lipinski definition) is 3. The Kier molecular flexibility index (Phi) is 8.35. The van der Waals surface area contributed by atoms with Gasteiger partial charge < -0.3 is 21.1 Å². The largest absolute Gasteiger partial charge is 0.381 e. The van der Waals surface area contributed by atoms with Crippen LogP contribution in [0.3, 0.4) is 0 Å². The molecule has 0 unspecified atom stereocenters. The maximum absolute atomic E-state index is 12.8. The molecule has 1 fully saturated rings. The van der Waals surface area contributed by atoms with E-state index in [4.69, 9.17) is 10.5 Å². The molecule has 2 rings (SSSR count). The number of hydrogen-bond acceptors (Lipinski definition) is 4. The molecule has 140 valence electrons. The predicted octanol–water partition coefficient (Wildman–Crippen LogP) is 2.85. The second-order valence-corrected chi connectivity index (χ2v) is 6.33. The van der Waals surface area contributed by atoms with Gasteiger partial charge in [-0.1, -0.05) is 13.0 Å². The Morgan fingerprint density at radius 2 is 1.80 bits per heavy atom. The molecule has 1 heterocycles. The van der Waals surface area contributed by atoms with Crippen LogP contribution < -0.4 is 16.4 Å². The molecule has 25 heavy (non-hydrogen) atoms. The number of nitrogens with two attached hydrogens (primary N) is 1. The lowest BCUT2D eigenvalue weighted by Crippen LogP contribution is -2.46. The minimum absolute atomic E-state index is 0. The van der Waals surface area contributed by atoms with Crippen LogP contribution in [0.25, 0.3) is 0 Å². The zero-order valence-electron chi connectivity index (χ0n) is 14.9. The van der Waals surface area contributed by atoms with Crippen LogP contribution in [-0.4, -0.2) is 31.6 Å². The van der Waals surface area contributed by atoms with E-state index >= 15 is 0 Å². The van der Waals surface area contributed by atoms with Gasteiger partial charge in [0.25, 0.3) is 0 Å². The molecule has 0 spiro atoms. The molecule has 0 aliphatic carbocycles. The Bertz CT molecular complexity index is 601. The quantitative estimate of drug-likeness (QED) is 0.718. The zero-order valence-corrected chi connectivity index (χ0v) is 15.7. The van der Waals surface area contributed by atoms with Crippen LogP contribution in [0, 0.1) is 12.3 Å². The summed E-state index contributed by atoms with van der Waals surface area (Å²) in [6.07, 6.45) is 2.53. The van der Waals surface area contributed by atoms with Gasteiger partial charge in [0.2, 0.25) is 11.8 Å². The normalized spacial score (nSPS) is 15.8. The summed E-state index contributed by atoms with van der Waals surface area (Å²) in [6.45, 7) is 5.25. The minimum atomic E-state index is -0.577. The van der Waals surface area contributed by atoms with E-state index in [1.54, 1.807) is 0 Å². The van der Waals surface area contributed by atoms with Gasteiger partial charge in [-0.15, -0.1) is 12.4 Å². The van der Waals surface area contributed by atoms with Crippen molar-refractivity contribution in [3.05, 3.63) is 23.8 Å². The number of ether oxygens (including phenoxy) is 1. The summed E-state index contributed by atoms with van der Waals surface area (Å²) in [6, 6.07) is 5.50. The number of nitrogens with one attached hydrogen (secondary N) is 2. The first kappa shape index (κ1) is 21.4. The van der Waals surface area contributed by atoms with Crippen LogP contribution >= 0.6 is 12.4 Å². The highest BCUT2D eigenvalue weighted by atomic mass is 35.5. The van der Waals surface area contributed by atoms with Crippen molar-refractivity contribution in [1.29, 1.82) is 0 Å². The van der Waals surface area contributed by atoms with E-state index < -0.39 is 5.41 Å². The Labute approximate surface area is 155 Å². The van der Waals surface area contributed by atoms with Gasteiger partial charge in [0.15, 0.2) is 0 Å². The number of benzene rings is 1. The SMILES string of the molecule is CCCC(=O)Nc1cccc(NC(=O)C2(CN)CCOCC2)c1C.Cl. The molecule has 0 saturated carbocycles. The standard InChI is InChI=1S/C18H27N3O3.ClH/c1-3-5-16(22)20-14-6-4-7-15(13(14)2)21-17(23)18(12-19)8-10-24-11-9-18;/h4,6-7H,3,5,8-12,19H2,1-2H3,(H,20,22)(H,21,23);1H. The van der Waals surface area contributed by atoms with E-state index in [0.29, 0.717) is 44.7 Å². The highest BCUT2D eigenvalue weighted by molar-refractivity contribution is 5.98. The Morgan fingerprint density at radius 3 is 2.36 bits per heavy atom. The molecule has 1 aliphatic rings. The summed E-state index contributed by atoms with van der Waals surface area (Å²) in [5, 5.41) is 5.88. The fourth-order valence-electron chi connectivity index (χ4n) is 2.89. The van der Waals surface area contributed by atoms with Crippen molar-refractivity contribution in [2.45, 2.75) is 39.5 Å². The number of halogens is 1. The molecular weight excluding hydrogens is 342 g/mol. The number of amides is 2. The van der Waals surface area contributed by atoms with Crippen LogP contribution in [0.15, 0.2) is 18.2 Å². The van der Waals surface area contributed by atoms with Gasteiger partial charge in [0.1, 0.15) is 0 Å². The molecule has 6 nitrogen and oxygen atoms in total. The summed E-state index contributed by atoms with van der Waals surface area (Å²) >= 11 is 0. The topological polar surface area (TPSA) is 93.5 Å². The van der Waals surface area contributed by atoms with Gasteiger partial charge in [-0.05, 0) is 43.9 Å². The molecule has 1 aromatic carbocycles.